The summed E-state index contributed by atoms with van der Waals surface area (Å²) in [4.78, 5) is 9.57. The Balaban J connectivity index is 1.57. The number of rotatable bonds is 2. The minimum absolute atomic E-state index is 0.328. The van der Waals surface area contributed by atoms with Crippen molar-refractivity contribution in [3.63, 3.8) is 0 Å². The molecular weight excluding hydrogens is 308 g/mol. The van der Waals surface area contributed by atoms with E-state index in [1.54, 1.807) is 0 Å². The van der Waals surface area contributed by atoms with Gasteiger partial charge in [0.15, 0.2) is 0 Å². The quantitative estimate of drug-likeness (QED) is 0.746. The summed E-state index contributed by atoms with van der Waals surface area (Å²) in [5.74, 6) is 1.33. The number of pyridine rings is 2. The van der Waals surface area contributed by atoms with Gasteiger partial charge in [0.25, 0.3) is 0 Å². The van der Waals surface area contributed by atoms with Crippen LogP contribution in [-0.2, 0) is 25.7 Å². The third kappa shape index (κ3) is 3.56. The molecule has 0 saturated carbocycles. The summed E-state index contributed by atoms with van der Waals surface area (Å²) < 4.78 is 6.02. The van der Waals surface area contributed by atoms with Gasteiger partial charge in [-0.25, -0.2) is 9.97 Å². The average Bonchev–Trinajstić information content (AvgIpc) is 2.52. The summed E-state index contributed by atoms with van der Waals surface area (Å²) in [5, 5.41) is 0. The second-order valence-electron chi connectivity index (χ2n) is 9.29. The molecule has 0 fully saturated rings. The van der Waals surface area contributed by atoms with Crippen LogP contribution in [0.1, 0.15) is 63.1 Å². The van der Waals surface area contributed by atoms with Crippen LogP contribution in [-0.4, -0.2) is 9.97 Å². The first-order chi connectivity index (χ1) is 11.8. The Morgan fingerprint density at radius 2 is 1.16 bits per heavy atom. The molecule has 0 amide bonds. The summed E-state index contributed by atoms with van der Waals surface area (Å²) >= 11 is 0. The first kappa shape index (κ1) is 16.6. The van der Waals surface area contributed by atoms with Crippen molar-refractivity contribution in [2.24, 2.45) is 10.8 Å². The highest BCUT2D eigenvalue weighted by molar-refractivity contribution is 5.33. The van der Waals surface area contributed by atoms with E-state index in [4.69, 9.17) is 14.7 Å². The van der Waals surface area contributed by atoms with Crippen LogP contribution in [0.2, 0.25) is 0 Å². The van der Waals surface area contributed by atoms with E-state index in [2.05, 4.69) is 39.8 Å². The summed E-state index contributed by atoms with van der Waals surface area (Å²) in [7, 11) is 0. The number of aryl methyl sites for hydroxylation is 2. The molecular formula is C22H28N2O. The van der Waals surface area contributed by atoms with Crippen LogP contribution in [0.25, 0.3) is 0 Å². The maximum atomic E-state index is 6.02. The minimum atomic E-state index is 0.328. The van der Waals surface area contributed by atoms with Gasteiger partial charge in [-0.1, -0.05) is 39.8 Å². The fourth-order valence-corrected chi connectivity index (χ4v) is 4.03. The number of hydrogen-bond acceptors (Lipinski definition) is 3. The number of aromatic nitrogens is 2. The molecule has 0 atom stereocenters. The number of fused-ring (bicyclic) bond motifs is 2. The lowest BCUT2D eigenvalue weighted by molar-refractivity contribution is 0.306. The molecule has 0 bridgehead atoms. The molecule has 3 heteroatoms. The van der Waals surface area contributed by atoms with Gasteiger partial charge in [-0.05, 0) is 60.5 Å². The molecule has 0 radical (unpaired) electrons. The number of nitrogens with zero attached hydrogens (tertiary/aromatic N) is 2. The van der Waals surface area contributed by atoms with Crippen molar-refractivity contribution in [3.05, 3.63) is 46.8 Å². The number of ether oxygens (including phenoxy) is 1. The summed E-state index contributed by atoms with van der Waals surface area (Å²) in [6, 6.07) is 8.33. The minimum Gasteiger partial charge on any atom is -0.421 e. The molecule has 25 heavy (non-hydrogen) atoms. The molecule has 2 aliphatic rings. The van der Waals surface area contributed by atoms with Gasteiger partial charge in [0, 0.05) is 23.5 Å². The molecule has 0 N–H and O–H groups in total. The smallest absolute Gasteiger partial charge is 0.221 e. The Morgan fingerprint density at radius 3 is 1.60 bits per heavy atom. The first-order valence-electron chi connectivity index (χ1n) is 9.45. The largest absolute Gasteiger partial charge is 0.421 e. The van der Waals surface area contributed by atoms with Crippen LogP contribution < -0.4 is 4.74 Å². The van der Waals surface area contributed by atoms with Gasteiger partial charge in [-0.15, -0.1) is 0 Å². The lowest BCUT2D eigenvalue weighted by Crippen LogP contribution is -2.23. The molecule has 0 saturated heterocycles. The zero-order chi connectivity index (χ0) is 17.7. The highest BCUT2D eigenvalue weighted by Gasteiger charge is 2.28. The van der Waals surface area contributed by atoms with Crippen molar-refractivity contribution in [2.75, 3.05) is 0 Å². The van der Waals surface area contributed by atoms with Crippen molar-refractivity contribution >= 4 is 0 Å². The summed E-state index contributed by atoms with van der Waals surface area (Å²) in [6.45, 7) is 9.27. The molecule has 2 aliphatic carbocycles. The summed E-state index contributed by atoms with van der Waals surface area (Å²) in [5.41, 5.74) is 5.77. The molecule has 3 nitrogen and oxygen atoms in total. The van der Waals surface area contributed by atoms with Crippen molar-refractivity contribution in [3.8, 4) is 11.8 Å². The zero-order valence-corrected chi connectivity index (χ0v) is 15.9. The van der Waals surface area contributed by atoms with E-state index < -0.39 is 0 Å². The maximum Gasteiger partial charge on any atom is 0.221 e. The Morgan fingerprint density at radius 1 is 0.720 bits per heavy atom. The predicted octanol–water partition coefficient (Wildman–Crippen LogP) is 5.30. The van der Waals surface area contributed by atoms with Gasteiger partial charge >= 0.3 is 0 Å². The summed E-state index contributed by atoms with van der Waals surface area (Å²) in [6.07, 6.45) is 6.72. The van der Waals surface area contributed by atoms with Crippen molar-refractivity contribution in [2.45, 2.75) is 66.2 Å². The van der Waals surface area contributed by atoms with Crippen LogP contribution in [0.3, 0.4) is 0 Å². The van der Waals surface area contributed by atoms with Crippen LogP contribution in [0.5, 0.6) is 11.8 Å². The molecule has 0 unspecified atom stereocenters. The van der Waals surface area contributed by atoms with E-state index in [0.717, 1.165) is 25.7 Å². The SMILES string of the molecule is CC1(C)CCc2ccc(Oc3ccc4c(n3)CC(C)(C)CC4)nc2C1. The van der Waals surface area contributed by atoms with Gasteiger partial charge in [-0.2, -0.15) is 0 Å². The first-order valence-corrected chi connectivity index (χ1v) is 9.45. The standard InChI is InChI=1S/C22H28N2O/c1-21(2)11-9-15-5-7-19(23-17(15)13-21)25-20-8-6-16-10-12-22(3,4)14-18(16)24-20/h5-8H,9-14H2,1-4H3. The van der Waals surface area contributed by atoms with Gasteiger partial charge in [0.2, 0.25) is 11.8 Å². The molecule has 0 spiro atoms. The second kappa shape index (κ2) is 5.82. The maximum absolute atomic E-state index is 6.02. The Bertz CT molecular complexity index is 740. The van der Waals surface area contributed by atoms with Crippen molar-refractivity contribution < 1.29 is 4.74 Å². The molecule has 4 rings (SSSR count). The normalized spacial score (nSPS) is 20.5. The van der Waals surface area contributed by atoms with E-state index in [1.807, 2.05) is 12.1 Å². The molecule has 2 aromatic heterocycles. The van der Waals surface area contributed by atoms with Crippen LogP contribution in [0.15, 0.2) is 24.3 Å². The highest BCUT2D eigenvalue weighted by Crippen LogP contribution is 2.36. The molecule has 0 aliphatic heterocycles. The second-order valence-corrected chi connectivity index (χ2v) is 9.29. The Hall–Kier alpha value is -1.90. The monoisotopic (exact) mass is 336 g/mol. The van der Waals surface area contributed by atoms with Gasteiger partial charge in [-0.3, -0.25) is 0 Å². The fourth-order valence-electron chi connectivity index (χ4n) is 4.03. The third-order valence-corrected chi connectivity index (χ3v) is 5.73. The van der Waals surface area contributed by atoms with E-state index in [9.17, 15) is 0 Å². The van der Waals surface area contributed by atoms with Crippen LogP contribution in [0.4, 0.5) is 0 Å². The van der Waals surface area contributed by atoms with Gasteiger partial charge in [0.1, 0.15) is 0 Å². The third-order valence-electron chi connectivity index (χ3n) is 5.73. The molecule has 2 aromatic rings. The number of hydrogen-bond donors (Lipinski definition) is 0. The van der Waals surface area contributed by atoms with Crippen molar-refractivity contribution in [1.29, 1.82) is 0 Å². The molecule has 0 aromatic carbocycles. The van der Waals surface area contributed by atoms with Crippen molar-refractivity contribution in [1.82, 2.24) is 9.97 Å². The van der Waals surface area contributed by atoms with Crippen LogP contribution in [0, 0.1) is 10.8 Å². The van der Waals surface area contributed by atoms with Gasteiger partial charge < -0.3 is 4.74 Å². The van der Waals surface area contributed by atoms with E-state index in [1.165, 1.54) is 35.4 Å². The van der Waals surface area contributed by atoms with Gasteiger partial charge in [0.05, 0.1) is 0 Å². The molecule has 2 heterocycles. The fraction of sp³-hybridized carbons (Fsp3) is 0.545. The topological polar surface area (TPSA) is 35.0 Å². The average molecular weight is 336 g/mol. The lowest BCUT2D eigenvalue weighted by Gasteiger charge is -2.31. The zero-order valence-electron chi connectivity index (χ0n) is 15.9. The molecule has 132 valence electrons. The van der Waals surface area contributed by atoms with Crippen LogP contribution >= 0.6 is 0 Å². The van der Waals surface area contributed by atoms with E-state index in [-0.39, 0.29) is 0 Å². The highest BCUT2D eigenvalue weighted by atomic mass is 16.5. The Kier molecular flexibility index (Phi) is 3.86. The van der Waals surface area contributed by atoms with E-state index >= 15 is 0 Å². The lowest BCUT2D eigenvalue weighted by atomic mass is 9.76. The Labute approximate surface area is 150 Å². The predicted molar refractivity (Wildman–Crippen MR) is 100 cm³/mol. The van der Waals surface area contributed by atoms with E-state index in [0.29, 0.717) is 22.6 Å².